The first-order chi connectivity index (χ1) is 21.8. The van der Waals surface area contributed by atoms with E-state index in [9.17, 15) is 4.79 Å². The van der Waals surface area contributed by atoms with Crippen molar-refractivity contribution in [1.82, 2.24) is 9.80 Å². The number of rotatable bonds is 8. The minimum absolute atomic E-state index is 0.256. The van der Waals surface area contributed by atoms with Gasteiger partial charge in [0, 0.05) is 71.9 Å². The number of amides is 1. The van der Waals surface area contributed by atoms with Crippen molar-refractivity contribution in [3.63, 3.8) is 0 Å². The molecule has 0 saturated carbocycles. The summed E-state index contributed by atoms with van der Waals surface area (Å²) in [6.45, 7) is 16.1. The van der Waals surface area contributed by atoms with Gasteiger partial charge in [0.1, 0.15) is 0 Å². The third-order valence-electron chi connectivity index (χ3n) is 8.88. The Kier molecular flexibility index (Phi) is 10.1. The van der Waals surface area contributed by atoms with Crippen molar-refractivity contribution in [3.8, 4) is 0 Å². The molecule has 0 radical (unpaired) electrons. The predicted molar refractivity (Wildman–Crippen MR) is 190 cm³/mol. The van der Waals surface area contributed by atoms with Crippen molar-refractivity contribution in [2.75, 3.05) is 68.7 Å². The van der Waals surface area contributed by atoms with Crippen LogP contribution in [0.15, 0.2) is 105 Å². The SMILES string of the molecule is Cc1ccc(Sc2ccccc2N2CCN(CC(=O)N3CCN(c4ccccc4Sc4ccc(C)cc4C)CC3)CC2)c(C)c1. The summed E-state index contributed by atoms with van der Waals surface area (Å²) >= 11 is 3.69. The molecule has 1 amide bonds. The summed E-state index contributed by atoms with van der Waals surface area (Å²) in [7, 11) is 0. The lowest BCUT2D eigenvalue weighted by molar-refractivity contribution is -0.132. The maximum Gasteiger partial charge on any atom is 0.236 e. The second-order valence-electron chi connectivity index (χ2n) is 12.3. The van der Waals surface area contributed by atoms with Crippen LogP contribution >= 0.6 is 23.5 Å². The molecular formula is C38H44N4OS2. The van der Waals surface area contributed by atoms with E-state index in [1.807, 2.05) is 23.5 Å². The smallest absolute Gasteiger partial charge is 0.236 e. The summed E-state index contributed by atoms with van der Waals surface area (Å²) in [5, 5.41) is 0. The molecule has 7 heteroatoms. The number of benzene rings is 4. The van der Waals surface area contributed by atoms with Crippen LogP contribution in [0, 0.1) is 27.7 Å². The average molecular weight is 637 g/mol. The largest absolute Gasteiger partial charge is 0.368 e. The third-order valence-corrected chi connectivity index (χ3v) is 11.4. The van der Waals surface area contributed by atoms with Gasteiger partial charge in [-0.25, -0.2) is 0 Å². The molecule has 2 heterocycles. The summed E-state index contributed by atoms with van der Waals surface area (Å²) in [5.41, 5.74) is 7.78. The molecule has 5 nitrogen and oxygen atoms in total. The second-order valence-corrected chi connectivity index (χ2v) is 14.5. The number of carbonyl (C=O) groups excluding carboxylic acids is 1. The Morgan fingerprint density at radius 3 is 1.47 bits per heavy atom. The Morgan fingerprint density at radius 2 is 1.00 bits per heavy atom. The number of hydrogen-bond acceptors (Lipinski definition) is 6. The van der Waals surface area contributed by atoms with E-state index in [0.29, 0.717) is 6.54 Å². The summed E-state index contributed by atoms with van der Waals surface area (Å²) in [4.78, 5) is 27.9. The maximum absolute atomic E-state index is 13.4. The van der Waals surface area contributed by atoms with Crippen LogP contribution in [0.25, 0.3) is 0 Å². The number of para-hydroxylation sites is 2. The van der Waals surface area contributed by atoms with Crippen LogP contribution in [0.2, 0.25) is 0 Å². The number of aryl methyl sites for hydroxylation is 4. The fourth-order valence-electron chi connectivity index (χ4n) is 6.31. The zero-order valence-electron chi connectivity index (χ0n) is 27.0. The topological polar surface area (TPSA) is 30.0 Å². The van der Waals surface area contributed by atoms with E-state index >= 15 is 0 Å². The van der Waals surface area contributed by atoms with Gasteiger partial charge in [-0.2, -0.15) is 0 Å². The van der Waals surface area contributed by atoms with Crippen LogP contribution in [-0.2, 0) is 4.79 Å². The molecule has 6 rings (SSSR count). The van der Waals surface area contributed by atoms with Crippen molar-refractivity contribution in [1.29, 1.82) is 0 Å². The highest BCUT2D eigenvalue weighted by atomic mass is 32.2. The Hall–Kier alpha value is -3.39. The number of carbonyl (C=O) groups is 1. The van der Waals surface area contributed by atoms with Crippen LogP contribution < -0.4 is 9.80 Å². The summed E-state index contributed by atoms with van der Waals surface area (Å²) in [6.07, 6.45) is 0. The lowest BCUT2D eigenvalue weighted by atomic mass is 10.2. The Labute approximate surface area is 277 Å². The summed E-state index contributed by atoms with van der Waals surface area (Å²) < 4.78 is 0. The van der Waals surface area contributed by atoms with Gasteiger partial charge in [0.2, 0.25) is 5.91 Å². The molecular weight excluding hydrogens is 593 g/mol. The van der Waals surface area contributed by atoms with Crippen molar-refractivity contribution in [2.45, 2.75) is 47.3 Å². The van der Waals surface area contributed by atoms with Crippen LogP contribution in [-0.4, -0.2) is 74.6 Å². The molecule has 45 heavy (non-hydrogen) atoms. The van der Waals surface area contributed by atoms with Gasteiger partial charge in [0.05, 0.1) is 17.9 Å². The monoisotopic (exact) mass is 636 g/mol. The lowest BCUT2D eigenvalue weighted by Crippen LogP contribution is -2.54. The van der Waals surface area contributed by atoms with E-state index in [0.717, 1.165) is 52.4 Å². The van der Waals surface area contributed by atoms with Gasteiger partial charge in [-0.15, -0.1) is 0 Å². The molecule has 4 aromatic rings. The molecule has 0 N–H and O–H groups in total. The molecule has 2 aliphatic heterocycles. The fourth-order valence-corrected chi connectivity index (χ4v) is 8.39. The van der Waals surface area contributed by atoms with E-state index < -0.39 is 0 Å². The maximum atomic E-state index is 13.4. The van der Waals surface area contributed by atoms with Crippen LogP contribution in [0.4, 0.5) is 11.4 Å². The van der Waals surface area contributed by atoms with Crippen molar-refractivity contribution in [2.24, 2.45) is 0 Å². The normalized spacial score (nSPS) is 15.9. The summed E-state index contributed by atoms with van der Waals surface area (Å²) in [5.74, 6) is 0.256. The molecule has 0 aromatic heterocycles. The highest BCUT2D eigenvalue weighted by Crippen LogP contribution is 2.39. The molecule has 2 aliphatic rings. The van der Waals surface area contributed by atoms with Gasteiger partial charge in [-0.1, -0.05) is 83.2 Å². The van der Waals surface area contributed by atoms with Crippen LogP contribution in [0.1, 0.15) is 22.3 Å². The summed E-state index contributed by atoms with van der Waals surface area (Å²) in [6, 6.07) is 30.8. The van der Waals surface area contributed by atoms with Crippen molar-refractivity contribution < 1.29 is 4.79 Å². The molecule has 0 spiro atoms. The minimum Gasteiger partial charge on any atom is -0.368 e. The highest BCUT2D eigenvalue weighted by molar-refractivity contribution is 7.99. The third kappa shape index (κ3) is 7.71. The lowest BCUT2D eigenvalue weighted by Gasteiger charge is -2.39. The Morgan fingerprint density at radius 1 is 0.556 bits per heavy atom. The molecule has 2 fully saturated rings. The van der Waals surface area contributed by atoms with Crippen LogP contribution in [0.3, 0.4) is 0 Å². The number of hydrogen-bond donors (Lipinski definition) is 0. The second kappa shape index (κ2) is 14.4. The predicted octanol–water partition coefficient (Wildman–Crippen LogP) is 7.69. The molecule has 0 bridgehead atoms. The van der Waals surface area contributed by atoms with E-state index in [1.165, 1.54) is 53.2 Å². The standard InChI is InChI=1S/C38H44N4OS2/c1-28-13-15-34(30(3)25-28)44-36-11-7-5-9-32(36)40-19-17-39(18-20-40)27-38(43)42-23-21-41(22-24-42)33-10-6-8-12-37(33)45-35-16-14-29(2)26-31(35)4/h5-16,25-26H,17-24,27H2,1-4H3. The minimum atomic E-state index is 0.256. The number of piperazine rings is 2. The first-order valence-electron chi connectivity index (χ1n) is 16.0. The van der Waals surface area contributed by atoms with E-state index in [1.54, 1.807) is 0 Å². The van der Waals surface area contributed by atoms with E-state index in [4.69, 9.17) is 0 Å². The Balaban J connectivity index is 1.01. The van der Waals surface area contributed by atoms with Crippen molar-refractivity contribution in [3.05, 3.63) is 107 Å². The van der Waals surface area contributed by atoms with Gasteiger partial charge in [-0.3, -0.25) is 9.69 Å². The number of nitrogens with zero attached hydrogens (tertiary/aromatic N) is 4. The molecule has 0 aliphatic carbocycles. The van der Waals surface area contributed by atoms with Gasteiger partial charge in [0.15, 0.2) is 0 Å². The van der Waals surface area contributed by atoms with Crippen LogP contribution in [0.5, 0.6) is 0 Å². The first kappa shape index (κ1) is 31.6. The highest BCUT2D eigenvalue weighted by Gasteiger charge is 2.26. The average Bonchev–Trinajstić information content (AvgIpc) is 3.05. The molecule has 0 atom stereocenters. The Bertz CT molecular complexity index is 1640. The van der Waals surface area contributed by atoms with Crippen molar-refractivity contribution >= 4 is 40.8 Å². The zero-order chi connectivity index (χ0) is 31.3. The van der Waals surface area contributed by atoms with E-state index in [-0.39, 0.29) is 5.91 Å². The van der Waals surface area contributed by atoms with Gasteiger partial charge < -0.3 is 14.7 Å². The van der Waals surface area contributed by atoms with Gasteiger partial charge >= 0.3 is 0 Å². The molecule has 234 valence electrons. The zero-order valence-corrected chi connectivity index (χ0v) is 28.6. The van der Waals surface area contributed by atoms with Gasteiger partial charge in [0.25, 0.3) is 0 Å². The quantitative estimate of drug-likeness (QED) is 0.197. The fraction of sp³-hybridized carbons (Fsp3) is 0.342. The van der Waals surface area contributed by atoms with Gasteiger partial charge in [-0.05, 0) is 75.2 Å². The molecule has 0 unspecified atom stereocenters. The number of anilines is 2. The molecule has 2 saturated heterocycles. The first-order valence-corrected chi connectivity index (χ1v) is 17.7. The molecule has 4 aromatic carbocycles. The van der Waals surface area contributed by atoms with E-state index in [2.05, 4.69) is 132 Å².